The number of nitrogens with one attached hydrogen (secondary N) is 3. The van der Waals surface area contributed by atoms with Gasteiger partial charge >= 0.3 is 6.03 Å². The number of anilines is 2. The smallest absolute Gasteiger partial charge is 0.319 e. The summed E-state index contributed by atoms with van der Waals surface area (Å²) in [6.45, 7) is 2.87. The van der Waals surface area contributed by atoms with Crippen LogP contribution in [0.25, 0.3) is 0 Å². The molecule has 0 aliphatic heterocycles. The van der Waals surface area contributed by atoms with Crippen molar-refractivity contribution in [3.63, 3.8) is 0 Å². The first-order valence-electron chi connectivity index (χ1n) is 8.20. The van der Waals surface area contributed by atoms with Crippen LogP contribution in [0.5, 0.6) is 5.75 Å². The molecule has 2 rings (SSSR count). The highest BCUT2D eigenvalue weighted by Gasteiger charge is 2.03. The van der Waals surface area contributed by atoms with E-state index in [4.69, 9.17) is 9.47 Å². The van der Waals surface area contributed by atoms with E-state index in [-0.39, 0.29) is 11.9 Å². The summed E-state index contributed by atoms with van der Waals surface area (Å²) in [5.74, 6) is 0.619. The number of rotatable bonds is 8. The summed E-state index contributed by atoms with van der Waals surface area (Å²) in [5, 5.41) is 8.19. The van der Waals surface area contributed by atoms with Crippen LogP contribution in [0.1, 0.15) is 12.5 Å². The second-order valence-electron chi connectivity index (χ2n) is 5.55. The number of hydrogen-bond acceptors (Lipinski definition) is 4. The van der Waals surface area contributed by atoms with E-state index < -0.39 is 0 Å². The van der Waals surface area contributed by atoms with Crippen LogP contribution in [0, 0.1) is 0 Å². The van der Waals surface area contributed by atoms with Gasteiger partial charge in [0.05, 0.1) is 6.61 Å². The number of amides is 3. The maximum Gasteiger partial charge on any atom is 0.319 e. The Bertz CT molecular complexity index is 715. The van der Waals surface area contributed by atoms with E-state index in [9.17, 15) is 9.59 Å². The molecule has 0 aromatic heterocycles. The Morgan fingerprint density at radius 2 is 1.50 bits per heavy atom. The van der Waals surface area contributed by atoms with E-state index >= 15 is 0 Å². The van der Waals surface area contributed by atoms with Gasteiger partial charge in [0.1, 0.15) is 12.4 Å². The summed E-state index contributed by atoms with van der Waals surface area (Å²) in [5.41, 5.74) is 2.27. The van der Waals surface area contributed by atoms with Crippen LogP contribution in [-0.4, -0.2) is 32.3 Å². The van der Waals surface area contributed by atoms with Crippen LogP contribution >= 0.6 is 0 Å². The molecule has 3 amide bonds. The predicted molar refractivity (Wildman–Crippen MR) is 100 cm³/mol. The molecule has 26 heavy (non-hydrogen) atoms. The lowest BCUT2D eigenvalue weighted by Gasteiger charge is -2.10. The lowest BCUT2D eigenvalue weighted by molar-refractivity contribution is -0.114. The van der Waals surface area contributed by atoms with Crippen LogP contribution in [0.3, 0.4) is 0 Å². The molecule has 7 nitrogen and oxygen atoms in total. The Labute approximate surface area is 152 Å². The maximum absolute atomic E-state index is 12.0. The molecule has 0 heterocycles. The zero-order valence-corrected chi connectivity index (χ0v) is 14.9. The number of hydrogen-bond donors (Lipinski definition) is 3. The largest absolute Gasteiger partial charge is 0.491 e. The third-order valence-corrected chi connectivity index (χ3v) is 3.40. The fourth-order valence-corrected chi connectivity index (χ4v) is 2.14. The highest BCUT2D eigenvalue weighted by molar-refractivity contribution is 5.91. The topological polar surface area (TPSA) is 88.7 Å². The summed E-state index contributed by atoms with van der Waals surface area (Å²) in [4.78, 5) is 22.9. The zero-order valence-electron chi connectivity index (χ0n) is 14.9. The van der Waals surface area contributed by atoms with Gasteiger partial charge in [-0.1, -0.05) is 12.1 Å². The van der Waals surface area contributed by atoms with Gasteiger partial charge in [0.25, 0.3) is 0 Å². The fraction of sp³-hybridized carbons (Fsp3) is 0.263. The summed E-state index contributed by atoms with van der Waals surface area (Å²) < 4.78 is 10.4. The van der Waals surface area contributed by atoms with E-state index in [1.807, 2.05) is 24.3 Å². The molecule has 0 unspecified atom stereocenters. The van der Waals surface area contributed by atoms with E-state index in [0.717, 1.165) is 11.3 Å². The number of ether oxygens (including phenoxy) is 2. The van der Waals surface area contributed by atoms with Crippen LogP contribution in [0.15, 0.2) is 48.5 Å². The molecule has 3 N–H and O–H groups in total. The van der Waals surface area contributed by atoms with E-state index in [1.54, 1.807) is 31.4 Å². The average Bonchev–Trinajstić information content (AvgIpc) is 2.62. The monoisotopic (exact) mass is 357 g/mol. The van der Waals surface area contributed by atoms with Crippen LogP contribution in [0.4, 0.5) is 16.2 Å². The standard InChI is InChI=1S/C19H23N3O4/c1-14(23)21-16-5-7-17(8-6-16)22-19(24)20-13-15-3-9-18(10-4-15)26-12-11-25-2/h3-10H,11-13H2,1-2H3,(H,21,23)(H2,20,22,24). The minimum atomic E-state index is -0.308. The van der Waals surface area contributed by atoms with Gasteiger partial charge in [0.2, 0.25) is 5.91 Å². The molecule has 0 fully saturated rings. The normalized spacial score (nSPS) is 10.1. The minimum Gasteiger partial charge on any atom is -0.491 e. The molecule has 0 aliphatic rings. The fourth-order valence-electron chi connectivity index (χ4n) is 2.14. The SMILES string of the molecule is COCCOc1ccc(CNC(=O)Nc2ccc(NC(C)=O)cc2)cc1. The van der Waals surface area contributed by atoms with E-state index in [1.165, 1.54) is 6.92 Å². The van der Waals surface area contributed by atoms with Crippen molar-refractivity contribution in [2.24, 2.45) is 0 Å². The Hall–Kier alpha value is -3.06. The number of carbonyl (C=O) groups is 2. The summed E-state index contributed by atoms with van der Waals surface area (Å²) >= 11 is 0. The number of urea groups is 1. The van der Waals surface area contributed by atoms with Crippen molar-refractivity contribution in [1.29, 1.82) is 0 Å². The van der Waals surface area contributed by atoms with Crippen molar-refractivity contribution in [2.75, 3.05) is 31.0 Å². The van der Waals surface area contributed by atoms with Crippen molar-refractivity contribution < 1.29 is 19.1 Å². The molecule has 0 spiro atoms. The molecule has 0 atom stereocenters. The van der Waals surface area contributed by atoms with Gasteiger partial charge in [0.15, 0.2) is 0 Å². The van der Waals surface area contributed by atoms with Crippen molar-refractivity contribution in [3.8, 4) is 5.75 Å². The van der Waals surface area contributed by atoms with Gasteiger partial charge < -0.3 is 25.4 Å². The van der Waals surface area contributed by atoms with Gasteiger partial charge in [-0.3, -0.25) is 4.79 Å². The first kappa shape index (κ1) is 19.3. The van der Waals surface area contributed by atoms with Crippen LogP contribution in [0.2, 0.25) is 0 Å². The first-order valence-corrected chi connectivity index (χ1v) is 8.20. The highest BCUT2D eigenvalue weighted by atomic mass is 16.5. The molecule has 138 valence electrons. The van der Waals surface area contributed by atoms with Gasteiger partial charge in [-0.2, -0.15) is 0 Å². The van der Waals surface area contributed by atoms with Crippen molar-refractivity contribution in [3.05, 3.63) is 54.1 Å². The molecule has 0 saturated carbocycles. The second kappa shape index (κ2) is 10.0. The van der Waals surface area contributed by atoms with Crippen LogP contribution < -0.4 is 20.7 Å². The second-order valence-corrected chi connectivity index (χ2v) is 5.55. The van der Waals surface area contributed by atoms with Crippen molar-refractivity contribution in [1.82, 2.24) is 5.32 Å². The molecular weight excluding hydrogens is 334 g/mol. The van der Waals surface area contributed by atoms with E-state index in [0.29, 0.717) is 31.1 Å². The third kappa shape index (κ3) is 6.82. The molecule has 2 aromatic carbocycles. The lowest BCUT2D eigenvalue weighted by atomic mass is 10.2. The van der Waals surface area contributed by atoms with Gasteiger partial charge in [0, 0.05) is 32.0 Å². The Kier molecular flexibility index (Phi) is 7.45. The van der Waals surface area contributed by atoms with E-state index in [2.05, 4.69) is 16.0 Å². The maximum atomic E-state index is 12.0. The van der Waals surface area contributed by atoms with Gasteiger partial charge in [-0.25, -0.2) is 4.79 Å². The number of methoxy groups -OCH3 is 1. The molecule has 0 bridgehead atoms. The number of carbonyl (C=O) groups excluding carboxylic acids is 2. The Morgan fingerprint density at radius 1 is 0.885 bits per heavy atom. The van der Waals surface area contributed by atoms with Crippen LogP contribution in [-0.2, 0) is 16.1 Å². The zero-order chi connectivity index (χ0) is 18.8. The summed E-state index contributed by atoms with van der Waals surface area (Å²) in [6.07, 6.45) is 0. The molecule has 0 radical (unpaired) electrons. The Balaban J connectivity index is 1.76. The average molecular weight is 357 g/mol. The van der Waals surface area contributed by atoms with Crippen molar-refractivity contribution in [2.45, 2.75) is 13.5 Å². The third-order valence-electron chi connectivity index (χ3n) is 3.40. The van der Waals surface area contributed by atoms with Crippen molar-refractivity contribution >= 4 is 23.3 Å². The van der Waals surface area contributed by atoms with Gasteiger partial charge in [-0.15, -0.1) is 0 Å². The molecule has 0 saturated heterocycles. The lowest BCUT2D eigenvalue weighted by Crippen LogP contribution is -2.28. The molecule has 7 heteroatoms. The Morgan fingerprint density at radius 3 is 2.08 bits per heavy atom. The molecular formula is C19H23N3O4. The quantitative estimate of drug-likeness (QED) is 0.634. The van der Waals surface area contributed by atoms with Gasteiger partial charge in [-0.05, 0) is 42.0 Å². The number of benzene rings is 2. The predicted octanol–water partition coefficient (Wildman–Crippen LogP) is 2.99. The minimum absolute atomic E-state index is 0.140. The first-order chi connectivity index (χ1) is 12.6. The molecule has 0 aliphatic carbocycles. The summed E-state index contributed by atoms with van der Waals surface area (Å²) in [7, 11) is 1.63. The summed E-state index contributed by atoms with van der Waals surface area (Å²) in [6, 6.07) is 14.1. The highest BCUT2D eigenvalue weighted by Crippen LogP contribution is 2.14. The molecule has 2 aromatic rings.